The van der Waals surface area contributed by atoms with E-state index in [4.69, 9.17) is 9.47 Å². The molecule has 0 saturated carbocycles. The van der Waals surface area contributed by atoms with E-state index in [1.807, 2.05) is 30.3 Å². The Labute approximate surface area is 112 Å². The van der Waals surface area contributed by atoms with Gasteiger partial charge in [-0.3, -0.25) is 0 Å². The number of carbonyl (C=O) groups is 1. The van der Waals surface area contributed by atoms with Crippen LogP contribution < -0.4 is 0 Å². The lowest BCUT2D eigenvalue weighted by Gasteiger charge is -2.26. The molecule has 1 aliphatic carbocycles. The summed E-state index contributed by atoms with van der Waals surface area (Å²) in [4.78, 5) is 11.6. The average Bonchev–Trinajstić information content (AvgIpc) is 2.45. The van der Waals surface area contributed by atoms with Crippen LogP contribution in [0.3, 0.4) is 0 Å². The third-order valence-corrected chi connectivity index (χ3v) is 3.16. The largest absolute Gasteiger partial charge is 0.466 e. The maximum absolute atomic E-state index is 11.6. The van der Waals surface area contributed by atoms with Gasteiger partial charge in [0.05, 0.1) is 31.5 Å². The Morgan fingerprint density at radius 3 is 2.79 bits per heavy atom. The molecule has 1 aromatic carbocycles. The monoisotopic (exact) mass is 262 g/mol. The molecule has 0 aromatic heterocycles. The lowest BCUT2D eigenvalue weighted by Crippen LogP contribution is -2.30. The van der Waals surface area contributed by atoms with Crippen LogP contribution in [0.5, 0.6) is 0 Å². The number of hydrogen-bond acceptors (Lipinski definition) is 4. The first kappa shape index (κ1) is 13.8. The molecule has 1 aromatic rings. The van der Waals surface area contributed by atoms with Crippen molar-refractivity contribution in [1.29, 1.82) is 0 Å². The van der Waals surface area contributed by atoms with Crippen LogP contribution in [0.1, 0.15) is 18.4 Å². The molecule has 0 heterocycles. The second kappa shape index (κ2) is 6.50. The molecule has 4 heteroatoms. The summed E-state index contributed by atoms with van der Waals surface area (Å²) in [6.07, 6.45) is 1.73. The van der Waals surface area contributed by atoms with Crippen molar-refractivity contribution in [3.8, 4) is 0 Å². The van der Waals surface area contributed by atoms with Gasteiger partial charge >= 0.3 is 5.97 Å². The number of methoxy groups -OCH3 is 1. The second-order valence-electron chi connectivity index (χ2n) is 4.56. The van der Waals surface area contributed by atoms with Crippen molar-refractivity contribution >= 4 is 5.97 Å². The minimum atomic E-state index is -0.464. The van der Waals surface area contributed by atoms with E-state index in [1.54, 1.807) is 6.08 Å². The standard InChI is InChI=1S/C15H18O4/c1-18-15(17)13-8-7-12(16)9-14(13)19-10-11-5-3-2-4-6-11/h2-6,8,12,14,16H,7,9-10H2,1H3/t12-,14+/m1/s1. The van der Waals surface area contributed by atoms with Crippen molar-refractivity contribution in [2.45, 2.75) is 31.7 Å². The Kier molecular flexibility index (Phi) is 4.71. The molecule has 19 heavy (non-hydrogen) atoms. The number of ether oxygens (including phenoxy) is 2. The Morgan fingerprint density at radius 1 is 1.37 bits per heavy atom. The fourth-order valence-corrected chi connectivity index (χ4v) is 2.13. The first-order valence-electron chi connectivity index (χ1n) is 6.32. The maximum Gasteiger partial charge on any atom is 0.336 e. The van der Waals surface area contributed by atoms with Gasteiger partial charge in [-0.25, -0.2) is 4.79 Å². The Morgan fingerprint density at radius 2 is 2.11 bits per heavy atom. The van der Waals surface area contributed by atoms with E-state index in [2.05, 4.69) is 0 Å². The first-order chi connectivity index (χ1) is 9.20. The SMILES string of the molecule is COC(=O)C1=CC[C@@H](O)C[C@@H]1OCc1ccccc1. The lowest BCUT2D eigenvalue weighted by molar-refractivity contribution is -0.138. The van der Waals surface area contributed by atoms with E-state index in [0.717, 1.165) is 5.56 Å². The third kappa shape index (κ3) is 3.66. The van der Waals surface area contributed by atoms with Crippen LogP contribution in [-0.2, 0) is 20.9 Å². The number of rotatable bonds is 4. The summed E-state index contributed by atoms with van der Waals surface area (Å²) in [6, 6.07) is 9.73. The Bertz CT molecular complexity index is 452. The summed E-state index contributed by atoms with van der Waals surface area (Å²) >= 11 is 0. The van der Waals surface area contributed by atoms with E-state index in [0.29, 0.717) is 25.0 Å². The average molecular weight is 262 g/mol. The second-order valence-corrected chi connectivity index (χ2v) is 4.56. The Hall–Kier alpha value is -1.65. The predicted octanol–water partition coefficient (Wildman–Crippen LogP) is 1.83. The van der Waals surface area contributed by atoms with Crippen LogP contribution in [-0.4, -0.2) is 30.4 Å². The molecule has 0 spiro atoms. The molecule has 4 nitrogen and oxygen atoms in total. The molecule has 1 aliphatic rings. The number of carbonyl (C=O) groups excluding carboxylic acids is 1. The van der Waals surface area contributed by atoms with Gasteiger partial charge in [0.2, 0.25) is 0 Å². The molecule has 0 radical (unpaired) electrons. The van der Waals surface area contributed by atoms with E-state index in [-0.39, 0.29) is 5.97 Å². The van der Waals surface area contributed by atoms with E-state index in [1.165, 1.54) is 7.11 Å². The van der Waals surface area contributed by atoms with Crippen molar-refractivity contribution in [3.05, 3.63) is 47.5 Å². The van der Waals surface area contributed by atoms with E-state index in [9.17, 15) is 9.90 Å². The van der Waals surface area contributed by atoms with Crippen LogP contribution >= 0.6 is 0 Å². The van der Waals surface area contributed by atoms with Crippen LogP contribution in [0.4, 0.5) is 0 Å². The lowest BCUT2D eigenvalue weighted by atomic mass is 9.94. The molecule has 0 unspecified atom stereocenters. The molecule has 0 fully saturated rings. The summed E-state index contributed by atoms with van der Waals surface area (Å²) in [5, 5.41) is 9.67. The fraction of sp³-hybridized carbons (Fsp3) is 0.400. The molecule has 2 rings (SSSR count). The van der Waals surface area contributed by atoms with Crippen LogP contribution in [0, 0.1) is 0 Å². The highest BCUT2D eigenvalue weighted by atomic mass is 16.5. The number of aliphatic hydroxyl groups is 1. The highest BCUT2D eigenvalue weighted by molar-refractivity contribution is 5.89. The molecule has 102 valence electrons. The predicted molar refractivity (Wildman–Crippen MR) is 70.4 cm³/mol. The zero-order valence-corrected chi connectivity index (χ0v) is 10.9. The zero-order valence-electron chi connectivity index (χ0n) is 10.9. The van der Waals surface area contributed by atoms with Crippen LogP contribution in [0.25, 0.3) is 0 Å². The normalized spacial score (nSPS) is 22.7. The zero-order chi connectivity index (χ0) is 13.7. The third-order valence-electron chi connectivity index (χ3n) is 3.16. The van der Waals surface area contributed by atoms with Gasteiger partial charge in [-0.15, -0.1) is 0 Å². The van der Waals surface area contributed by atoms with Gasteiger partial charge in [-0.05, 0) is 12.0 Å². The summed E-state index contributed by atoms with van der Waals surface area (Å²) < 4.78 is 10.5. The van der Waals surface area contributed by atoms with E-state index < -0.39 is 12.2 Å². The summed E-state index contributed by atoms with van der Waals surface area (Å²) in [5.41, 5.74) is 1.54. The first-order valence-corrected chi connectivity index (χ1v) is 6.32. The molecule has 0 amide bonds. The minimum absolute atomic E-state index is 0.384. The van der Waals surface area contributed by atoms with Gasteiger partial charge in [0.1, 0.15) is 0 Å². The molecule has 1 N–H and O–H groups in total. The number of aliphatic hydroxyl groups excluding tert-OH is 1. The highest BCUT2D eigenvalue weighted by Gasteiger charge is 2.28. The van der Waals surface area contributed by atoms with Crippen molar-refractivity contribution in [3.63, 3.8) is 0 Å². The summed E-state index contributed by atoms with van der Waals surface area (Å²) in [5.74, 6) is -0.384. The van der Waals surface area contributed by atoms with Gasteiger partial charge in [0.15, 0.2) is 0 Å². The van der Waals surface area contributed by atoms with Gasteiger partial charge < -0.3 is 14.6 Å². The van der Waals surface area contributed by atoms with Crippen molar-refractivity contribution in [1.82, 2.24) is 0 Å². The fourth-order valence-electron chi connectivity index (χ4n) is 2.13. The van der Waals surface area contributed by atoms with Crippen LogP contribution in [0.2, 0.25) is 0 Å². The molecule has 0 aliphatic heterocycles. The highest BCUT2D eigenvalue weighted by Crippen LogP contribution is 2.24. The minimum Gasteiger partial charge on any atom is -0.466 e. The van der Waals surface area contributed by atoms with Gasteiger partial charge in [0.25, 0.3) is 0 Å². The van der Waals surface area contributed by atoms with Crippen molar-refractivity contribution in [2.75, 3.05) is 7.11 Å². The molecule has 2 atom stereocenters. The van der Waals surface area contributed by atoms with Gasteiger partial charge in [-0.1, -0.05) is 36.4 Å². The molecule has 0 bridgehead atoms. The van der Waals surface area contributed by atoms with Crippen molar-refractivity contribution < 1.29 is 19.4 Å². The van der Waals surface area contributed by atoms with E-state index >= 15 is 0 Å². The Balaban J connectivity index is 2.02. The van der Waals surface area contributed by atoms with Gasteiger partial charge in [-0.2, -0.15) is 0 Å². The summed E-state index contributed by atoms with van der Waals surface area (Å²) in [7, 11) is 1.35. The van der Waals surface area contributed by atoms with Crippen LogP contribution in [0.15, 0.2) is 42.0 Å². The molecular weight excluding hydrogens is 244 g/mol. The number of esters is 1. The molecule has 0 saturated heterocycles. The number of benzene rings is 1. The maximum atomic E-state index is 11.6. The van der Waals surface area contributed by atoms with Crippen molar-refractivity contribution in [2.24, 2.45) is 0 Å². The number of hydrogen-bond donors (Lipinski definition) is 1. The molecular formula is C15H18O4. The summed E-state index contributed by atoms with van der Waals surface area (Å²) in [6.45, 7) is 0.409. The van der Waals surface area contributed by atoms with Gasteiger partial charge in [0, 0.05) is 6.42 Å². The quantitative estimate of drug-likeness (QED) is 0.841. The smallest absolute Gasteiger partial charge is 0.336 e. The topological polar surface area (TPSA) is 55.8 Å².